The van der Waals surface area contributed by atoms with Crippen molar-refractivity contribution < 1.29 is 14.7 Å². The number of carbonyl (C=O) groups excluding carboxylic acids is 1. The molecule has 1 saturated heterocycles. The lowest BCUT2D eigenvalue weighted by molar-refractivity contribution is -0.138. The minimum Gasteiger partial charge on any atom is -0.481 e. The van der Waals surface area contributed by atoms with Gasteiger partial charge in [-0.05, 0) is 32.2 Å². The summed E-state index contributed by atoms with van der Waals surface area (Å²) in [5.74, 6) is -0.497. The summed E-state index contributed by atoms with van der Waals surface area (Å²) < 4.78 is 0. The normalized spacial score (nSPS) is 21.3. The molecule has 1 amide bonds. The molecular formula is C14H26N2O3. The van der Waals surface area contributed by atoms with Crippen molar-refractivity contribution in [3.63, 3.8) is 0 Å². The summed E-state index contributed by atoms with van der Waals surface area (Å²) in [6.45, 7) is 6.32. The van der Waals surface area contributed by atoms with E-state index < -0.39 is 5.97 Å². The number of hydrogen-bond donors (Lipinski definition) is 2. The molecule has 1 rings (SSSR count). The maximum absolute atomic E-state index is 12.0. The highest BCUT2D eigenvalue weighted by molar-refractivity contribution is 5.81. The molecule has 0 bridgehead atoms. The lowest BCUT2D eigenvalue weighted by Gasteiger charge is -2.23. The average Bonchev–Trinajstić information content (AvgIpc) is 2.81. The van der Waals surface area contributed by atoms with Crippen LogP contribution < -0.4 is 5.32 Å². The molecule has 5 heteroatoms. The molecule has 2 atom stereocenters. The molecule has 0 radical (unpaired) electrons. The topological polar surface area (TPSA) is 69.6 Å². The number of rotatable bonds is 8. The molecule has 0 saturated carbocycles. The van der Waals surface area contributed by atoms with Crippen LogP contribution in [0.15, 0.2) is 0 Å². The second-order valence-electron chi connectivity index (χ2n) is 5.42. The van der Waals surface area contributed by atoms with Crippen LogP contribution in [0, 0.1) is 5.92 Å². The van der Waals surface area contributed by atoms with Gasteiger partial charge in [0, 0.05) is 19.5 Å². The van der Waals surface area contributed by atoms with Crippen LogP contribution in [0.25, 0.3) is 0 Å². The number of amides is 1. The number of carboxylic acid groups (broad SMARTS) is 1. The van der Waals surface area contributed by atoms with Crippen molar-refractivity contribution in [1.82, 2.24) is 10.2 Å². The molecule has 0 aromatic heterocycles. The zero-order chi connectivity index (χ0) is 14.3. The van der Waals surface area contributed by atoms with E-state index in [4.69, 9.17) is 5.11 Å². The van der Waals surface area contributed by atoms with Crippen molar-refractivity contribution in [2.45, 2.75) is 52.0 Å². The molecule has 110 valence electrons. The van der Waals surface area contributed by atoms with Crippen LogP contribution in [0.3, 0.4) is 0 Å². The number of hydrogen-bond acceptors (Lipinski definition) is 3. The number of nitrogens with one attached hydrogen (secondary N) is 1. The molecule has 0 aromatic carbocycles. The number of unbranched alkanes of at least 4 members (excludes halogenated alkanes) is 2. The van der Waals surface area contributed by atoms with Gasteiger partial charge < -0.3 is 10.4 Å². The first-order chi connectivity index (χ1) is 9.04. The third-order valence-corrected chi connectivity index (χ3v) is 3.79. The molecule has 1 aliphatic rings. The third-order valence-electron chi connectivity index (χ3n) is 3.79. The molecule has 19 heavy (non-hydrogen) atoms. The second-order valence-corrected chi connectivity index (χ2v) is 5.42. The Hall–Kier alpha value is -1.10. The molecule has 1 aliphatic heterocycles. The van der Waals surface area contributed by atoms with Crippen LogP contribution in [0.5, 0.6) is 0 Å². The van der Waals surface area contributed by atoms with E-state index in [0.717, 1.165) is 45.3 Å². The van der Waals surface area contributed by atoms with Crippen LogP contribution in [0.1, 0.15) is 46.0 Å². The number of likely N-dealkylation sites (tertiary alicyclic amines) is 1. The fourth-order valence-corrected chi connectivity index (χ4v) is 2.53. The Bertz CT molecular complexity index is 307. The van der Waals surface area contributed by atoms with E-state index in [1.807, 2.05) is 6.92 Å². The van der Waals surface area contributed by atoms with E-state index in [-0.39, 0.29) is 24.3 Å². The third kappa shape index (κ3) is 5.59. The minimum absolute atomic E-state index is 0.0621. The summed E-state index contributed by atoms with van der Waals surface area (Å²) in [7, 11) is 0. The van der Waals surface area contributed by atoms with Gasteiger partial charge >= 0.3 is 5.97 Å². The maximum Gasteiger partial charge on any atom is 0.303 e. The summed E-state index contributed by atoms with van der Waals surface area (Å²) in [4.78, 5) is 24.7. The Morgan fingerprint density at radius 2 is 2.16 bits per heavy atom. The van der Waals surface area contributed by atoms with Gasteiger partial charge in [-0.15, -0.1) is 0 Å². The van der Waals surface area contributed by atoms with E-state index >= 15 is 0 Å². The summed E-state index contributed by atoms with van der Waals surface area (Å²) >= 11 is 0. The van der Waals surface area contributed by atoms with Crippen LogP contribution in [-0.4, -0.2) is 47.6 Å². The number of nitrogens with zero attached hydrogens (tertiary/aromatic N) is 1. The van der Waals surface area contributed by atoms with E-state index in [9.17, 15) is 9.59 Å². The van der Waals surface area contributed by atoms with Gasteiger partial charge in [-0.3, -0.25) is 14.5 Å². The Balaban J connectivity index is 2.27. The van der Waals surface area contributed by atoms with Gasteiger partial charge in [0.15, 0.2) is 0 Å². The molecule has 1 fully saturated rings. The largest absolute Gasteiger partial charge is 0.481 e. The van der Waals surface area contributed by atoms with Crippen molar-refractivity contribution in [3.8, 4) is 0 Å². The Morgan fingerprint density at radius 3 is 2.79 bits per heavy atom. The standard InChI is InChI=1S/C14H26N2O3/c1-3-4-5-7-15-14(19)11(2)16-8-6-12(10-16)9-13(17)18/h11-12H,3-10H2,1-2H3,(H,15,19)(H,17,18). The molecule has 0 spiro atoms. The zero-order valence-corrected chi connectivity index (χ0v) is 12.0. The van der Waals surface area contributed by atoms with Crippen LogP contribution in [0.2, 0.25) is 0 Å². The highest BCUT2D eigenvalue weighted by Crippen LogP contribution is 2.21. The summed E-state index contributed by atoms with van der Waals surface area (Å²) in [5.41, 5.74) is 0. The molecule has 2 unspecified atom stereocenters. The second kappa shape index (κ2) is 8.15. The summed E-state index contributed by atoms with van der Waals surface area (Å²) in [6.07, 6.45) is 4.39. The first-order valence-electron chi connectivity index (χ1n) is 7.28. The van der Waals surface area contributed by atoms with Gasteiger partial charge in [0.05, 0.1) is 6.04 Å². The van der Waals surface area contributed by atoms with Gasteiger partial charge in [0.2, 0.25) is 5.91 Å². The Labute approximate surface area is 115 Å². The fraction of sp³-hybridized carbons (Fsp3) is 0.857. The zero-order valence-electron chi connectivity index (χ0n) is 12.0. The van der Waals surface area contributed by atoms with E-state index in [1.54, 1.807) is 0 Å². The molecule has 0 aliphatic carbocycles. The molecule has 1 heterocycles. The van der Waals surface area contributed by atoms with Crippen LogP contribution >= 0.6 is 0 Å². The van der Waals surface area contributed by atoms with E-state index in [1.165, 1.54) is 0 Å². The number of carbonyl (C=O) groups is 2. The molecular weight excluding hydrogens is 244 g/mol. The average molecular weight is 270 g/mol. The van der Waals surface area contributed by atoms with Gasteiger partial charge in [-0.2, -0.15) is 0 Å². The predicted molar refractivity (Wildman–Crippen MR) is 73.9 cm³/mol. The van der Waals surface area contributed by atoms with Crippen LogP contribution in [-0.2, 0) is 9.59 Å². The van der Waals surface area contributed by atoms with E-state index in [2.05, 4.69) is 17.1 Å². The van der Waals surface area contributed by atoms with Gasteiger partial charge in [0.1, 0.15) is 0 Å². The van der Waals surface area contributed by atoms with Crippen molar-refractivity contribution >= 4 is 11.9 Å². The Morgan fingerprint density at radius 1 is 1.42 bits per heavy atom. The molecule has 0 aromatic rings. The lowest BCUT2D eigenvalue weighted by Crippen LogP contribution is -2.44. The first kappa shape index (κ1) is 16.0. The van der Waals surface area contributed by atoms with Crippen LogP contribution in [0.4, 0.5) is 0 Å². The van der Waals surface area contributed by atoms with Gasteiger partial charge in [-0.1, -0.05) is 19.8 Å². The molecule has 2 N–H and O–H groups in total. The van der Waals surface area contributed by atoms with Crippen molar-refractivity contribution in [1.29, 1.82) is 0 Å². The minimum atomic E-state index is -0.747. The van der Waals surface area contributed by atoms with Crippen molar-refractivity contribution in [2.24, 2.45) is 5.92 Å². The van der Waals surface area contributed by atoms with Gasteiger partial charge in [-0.25, -0.2) is 0 Å². The quantitative estimate of drug-likeness (QED) is 0.655. The Kier molecular flexibility index (Phi) is 6.84. The number of carboxylic acids is 1. The van der Waals surface area contributed by atoms with Crippen molar-refractivity contribution in [3.05, 3.63) is 0 Å². The number of aliphatic carboxylic acids is 1. The highest BCUT2D eigenvalue weighted by Gasteiger charge is 2.30. The monoisotopic (exact) mass is 270 g/mol. The van der Waals surface area contributed by atoms with Crippen molar-refractivity contribution in [2.75, 3.05) is 19.6 Å². The van der Waals surface area contributed by atoms with Gasteiger partial charge in [0.25, 0.3) is 0 Å². The fourth-order valence-electron chi connectivity index (χ4n) is 2.53. The summed E-state index contributed by atoms with van der Waals surface area (Å²) in [5, 5.41) is 11.7. The maximum atomic E-state index is 12.0. The molecule has 5 nitrogen and oxygen atoms in total. The lowest BCUT2D eigenvalue weighted by atomic mass is 10.1. The predicted octanol–water partition coefficient (Wildman–Crippen LogP) is 1.48. The SMILES string of the molecule is CCCCCNC(=O)C(C)N1CCC(CC(=O)O)C1. The smallest absolute Gasteiger partial charge is 0.303 e. The highest BCUT2D eigenvalue weighted by atomic mass is 16.4. The van der Waals surface area contributed by atoms with E-state index in [0.29, 0.717) is 0 Å². The first-order valence-corrected chi connectivity index (χ1v) is 7.28. The summed E-state index contributed by atoms with van der Waals surface area (Å²) in [6, 6.07) is -0.152.